The van der Waals surface area contributed by atoms with Gasteiger partial charge in [0.05, 0.1) is 5.02 Å². The van der Waals surface area contributed by atoms with Gasteiger partial charge in [0, 0.05) is 0 Å². The minimum Gasteiger partial charge on any atom is -0.478 e. The van der Waals surface area contributed by atoms with E-state index in [1.807, 2.05) is 6.07 Å². The van der Waals surface area contributed by atoms with E-state index in [1.54, 1.807) is 24.3 Å². The number of hydrogen-bond acceptors (Lipinski definition) is 4. The summed E-state index contributed by atoms with van der Waals surface area (Å²) in [7, 11) is 0. The number of amides is 1. The molecule has 22 heavy (non-hydrogen) atoms. The van der Waals surface area contributed by atoms with Crippen LogP contribution in [0.3, 0.4) is 0 Å². The Bertz CT molecular complexity index is 707. The van der Waals surface area contributed by atoms with Crippen LogP contribution in [0.1, 0.15) is 15.9 Å². The van der Waals surface area contributed by atoms with E-state index in [2.05, 4.69) is 10.3 Å². The van der Waals surface area contributed by atoms with Gasteiger partial charge in [-0.2, -0.15) is 0 Å². The first-order valence-electron chi connectivity index (χ1n) is 6.04. The highest BCUT2D eigenvalue weighted by Crippen LogP contribution is 2.26. The van der Waals surface area contributed by atoms with Crippen molar-refractivity contribution in [1.82, 2.24) is 4.98 Å². The quantitative estimate of drug-likeness (QED) is 0.825. The second kappa shape index (κ2) is 7.11. The molecule has 0 aliphatic heterocycles. The van der Waals surface area contributed by atoms with Crippen molar-refractivity contribution < 1.29 is 19.4 Å². The number of aromatic nitrogens is 1. The van der Waals surface area contributed by atoms with Crippen LogP contribution in [0.2, 0.25) is 10.2 Å². The topological polar surface area (TPSA) is 88.5 Å². The molecule has 0 aliphatic rings. The minimum absolute atomic E-state index is 0.0311. The highest BCUT2D eigenvalue weighted by atomic mass is 35.5. The van der Waals surface area contributed by atoms with E-state index in [9.17, 15) is 9.59 Å². The zero-order valence-corrected chi connectivity index (χ0v) is 12.6. The summed E-state index contributed by atoms with van der Waals surface area (Å²) in [5.74, 6) is -1.62. The highest BCUT2D eigenvalue weighted by Gasteiger charge is 2.19. The molecule has 2 rings (SSSR count). The molecule has 0 saturated carbocycles. The zero-order chi connectivity index (χ0) is 16.1. The maximum absolute atomic E-state index is 11.7. The Morgan fingerprint density at radius 1 is 1.23 bits per heavy atom. The van der Waals surface area contributed by atoms with Gasteiger partial charge in [0.15, 0.2) is 5.82 Å². The largest absolute Gasteiger partial charge is 0.478 e. The zero-order valence-electron chi connectivity index (χ0n) is 11.0. The lowest BCUT2D eigenvalue weighted by atomic mass is 10.2. The number of hydrogen-bond donors (Lipinski definition) is 2. The van der Waals surface area contributed by atoms with Gasteiger partial charge in [-0.15, -0.1) is 0 Å². The lowest BCUT2D eigenvalue weighted by Gasteiger charge is -2.10. The number of anilines is 1. The molecule has 8 heteroatoms. The maximum Gasteiger partial charge on any atom is 0.413 e. The Kier molecular flexibility index (Phi) is 5.19. The number of pyridine rings is 1. The van der Waals surface area contributed by atoms with E-state index in [1.165, 1.54) is 6.07 Å². The van der Waals surface area contributed by atoms with E-state index in [0.717, 1.165) is 5.56 Å². The molecule has 1 amide bonds. The Labute approximate surface area is 135 Å². The van der Waals surface area contributed by atoms with E-state index in [0.29, 0.717) is 0 Å². The van der Waals surface area contributed by atoms with Crippen LogP contribution in [0.25, 0.3) is 0 Å². The van der Waals surface area contributed by atoms with Gasteiger partial charge >= 0.3 is 12.1 Å². The second-order valence-electron chi connectivity index (χ2n) is 4.14. The predicted molar refractivity (Wildman–Crippen MR) is 81.5 cm³/mol. The number of carboxylic acids is 1. The van der Waals surface area contributed by atoms with Crippen LogP contribution >= 0.6 is 23.2 Å². The Hall–Kier alpha value is -2.31. The summed E-state index contributed by atoms with van der Waals surface area (Å²) >= 11 is 11.5. The molecule has 0 radical (unpaired) electrons. The molecule has 1 heterocycles. The minimum atomic E-state index is -1.34. The van der Waals surface area contributed by atoms with E-state index < -0.39 is 12.1 Å². The molecule has 0 aliphatic carbocycles. The van der Waals surface area contributed by atoms with Crippen LogP contribution in [-0.2, 0) is 11.3 Å². The Morgan fingerprint density at radius 3 is 2.55 bits per heavy atom. The molecule has 0 bridgehead atoms. The van der Waals surface area contributed by atoms with Gasteiger partial charge < -0.3 is 9.84 Å². The van der Waals surface area contributed by atoms with Crippen LogP contribution in [0, 0.1) is 0 Å². The van der Waals surface area contributed by atoms with Gasteiger partial charge in [0.25, 0.3) is 0 Å². The van der Waals surface area contributed by atoms with Crippen LogP contribution < -0.4 is 5.32 Å². The molecule has 2 aromatic rings. The standard InChI is InChI=1S/C14H10Cl2N2O4/c15-9-6-10(16)17-12(11(9)13(19)20)18-14(21)22-7-8-4-2-1-3-5-8/h1-6H,7H2,(H,19,20)(H,17,18,21). The van der Waals surface area contributed by atoms with Crippen molar-refractivity contribution in [1.29, 1.82) is 0 Å². The van der Waals surface area contributed by atoms with Crippen molar-refractivity contribution in [3.05, 3.63) is 57.7 Å². The molecule has 114 valence electrons. The first kappa shape index (κ1) is 16.1. The molecule has 0 fully saturated rings. The highest BCUT2D eigenvalue weighted by molar-refractivity contribution is 6.36. The van der Waals surface area contributed by atoms with Gasteiger partial charge in [0.2, 0.25) is 0 Å². The number of carbonyl (C=O) groups is 2. The fourth-order valence-electron chi connectivity index (χ4n) is 1.63. The lowest BCUT2D eigenvalue weighted by molar-refractivity contribution is 0.0698. The molecule has 0 unspecified atom stereocenters. The van der Waals surface area contributed by atoms with Crippen molar-refractivity contribution in [3.63, 3.8) is 0 Å². The number of aromatic carboxylic acids is 1. The monoisotopic (exact) mass is 340 g/mol. The number of rotatable bonds is 4. The summed E-state index contributed by atoms with van der Waals surface area (Å²) in [4.78, 5) is 26.6. The first-order valence-corrected chi connectivity index (χ1v) is 6.80. The van der Waals surface area contributed by atoms with Gasteiger partial charge in [-0.25, -0.2) is 14.6 Å². The number of ether oxygens (including phenoxy) is 1. The normalized spacial score (nSPS) is 10.1. The van der Waals surface area contributed by atoms with Crippen molar-refractivity contribution >= 4 is 41.1 Å². The van der Waals surface area contributed by atoms with Crippen LogP contribution in [0.4, 0.5) is 10.6 Å². The summed E-state index contributed by atoms with van der Waals surface area (Å²) < 4.78 is 4.98. The van der Waals surface area contributed by atoms with Gasteiger partial charge in [-0.1, -0.05) is 53.5 Å². The molecular weight excluding hydrogens is 331 g/mol. The number of halogens is 2. The summed E-state index contributed by atoms with van der Waals surface area (Å²) in [5.41, 5.74) is 0.427. The first-order chi connectivity index (χ1) is 10.5. The molecular formula is C14H10Cl2N2O4. The van der Waals surface area contributed by atoms with E-state index >= 15 is 0 Å². The van der Waals surface area contributed by atoms with Crippen LogP contribution in [0.5, 0.6) is 0 Å². The molecule has 0 spiro atoms. The fourth-order valence-corrected chi connectivity index (χ4v) is 2.16. The van der Waals surface area contributed by atoms with Crippen molar-refractivity contribution in [2.75, 3.05) is 5.32 Å². The SMILES string of the molecule is O=C(Nc1nc(Cl)cc(Cl)c1C(=O)O)OCc1ccccc1. The van der Waals surface area contributed by atoms with Crippen molar-refractivity contribution in [2.24, 2.45) is 0 Å². The van der Waals surface area contributed by atoms with Crippen LogP contribution in [0.15, 0.2) is 36.4 Å². The Morgan fingerprint density at radius 2 is 1.91 bits per heavy atom. The van der Waals surface area contributed by atoms with Crippen molar-refractivity contribution in [2.45, 2.75) is 6.61 Å². The van der Waals surface area contributed by atoms with E-state index in [-0.39, 0.29) is 28.2 Å². The third-order valence-electron chi connectivity index (χ3n) is 2.59. The smallest absolute Gasteiger partial charge is 0.413 e. The molecule has 1 aromatic carbocycles. The third-order valence-corrected chi connectivity index (χ3v) is 3.08. The summed E-state index contributed by atoms with van der Waals surface area (Å²) in [6, 6.07) is 10.2. The molecule has 1 aromatic heterocycles. The maximum atomic E-state index is 11.7. The van der Waals surface area contributed by atoms with Crippen molar-refractivity contribution in [3.8, 4) is 0 Å². The van der Waals surface area contributed by atoms with Gasteiger partial charge in [-0.05, 0) is 11.6 Å². The number of nitrogens with one attached hydrogen (secondary N) is 1. The predicted octanol–water partition coefficient (Wildman–Crippen LogP) is 3.84. The molecule has 2 N–H and O–H groups in total. The van der Waals surface area contributed by atoms with Crippen LogP contribution in [-0.4, -0.2) is 22.2 Å². The summed E-state index contributed by atoms with van der Waals surface area (Å²) in [5, 5.41) is 11.1. The van der Waals surface area contributed by atoms with Gasteiger partial charge in [-0.3, -0.25) is 5.32 Å². The second-order valence-corrected chi connectivity index (χ2v) is 4.94. The van der Waals surface area contributed by atoms with Gasteiger partial charge in [0.1, 0.15) is 17.3 Å². The number of benzene rings is 1. The summed E-state index contributed by atoms with van der Waals surface area (Å²) in [6.45, 7) is 0.0311. The molecule has 0 atom stereocenters. The number of carbonyl (C=O) groups excluding carboxylic acids is 1. The third kappa shape index (κ3) is 4.09. The average Bonchev–Trinajstić information content (AvgIpc) is 2.45. The summed E-state index contributed by atoms with van der Waals surface area (Å²) in [6.07, 6.45) is -0.864. The van der Waals surface area contributed by atoms with E-state index in [4.69, 9.17) is 33.0 Å². The number of nitrogens with zero attached hydrogens (tertiary/aromatic N) is 1. The molecule has 6 nitrogen and oxygen atoms in total. The number of carboxylic acid groups (broad SMARTS) is 1. The molecule has 0 saturated heterocycles. The lowest BCUT2D eigenvalue weighted by Crippen LogP contribution is -2.17. The fraction of sp³-hybridized carbons (Fsp3) is 0.0714. The average molecular weight is 341 g/mol. The Balaban J connectivity index is 2.10.